The number of nitrogens with zero attached hydrogens (tertiary/aromatic N) is 1. The van der Waals surface area contributed by atoms with Gasteiger partial charge in [-0.05, 0) is 36.4 Å². The minimum absolute atomic E-state index is 0.112. The molecule has 0 amide bonds. The summed E-state index contributed by atoms with van der Waals surface area (Å²) in [6.07, 6.45) is -5.01. The first-order chi connectivity index (χ1) is 13.9. The lowest BCUT2D eigenvalue weighted by Crippen LogP contribution is -2.14. The molecule has 1 N–H and O–H groups in total. The molecule has 3 rings (SSSR count). The third-order valence-electron chi connectivity index (χ3n) is 3.61. The molecule has 0 bridgehead atoms. The van der Waals surface area contributed by atoms with Gasteiger partial charge in [0.15, 0.2) is 10.8 Å². The predicted molar refractivity (Wildman–Crippen MR) is 109 cm³/mol. The summed E-state index contributed by atoms with van der Waals surface area (Å²) in [5.41, 5.74) is -1.77. The molecule has 0 fully saturated rings. The Morgan fingerprint density at radius 1 is 1.03 bits per heavy atom. The van der Waals surface area contributed by atoms with Gasteiger partial charge in [0.05, 0.1) is 9.92 Å². The molecule has 0 spiro atoms. The fraction of sp³-hybridized carbons (Fsp3) is 0.0588. The van der Waals surface area contributed by atoms with E-state index in [1.165, 1.54) is 36.4 Å². The van der Waals surface area contributed by atoms with E-state index < -0.39 is 37.7 Å². The Morgan fingerprint density at radius 3 is 2.30 bits per heavy atom. The fourth-order valence-electron chi connectivity index (χ4n) is 2.31. The quantitative estimate of drug-likeness (QED) is 0.413. The molecule has 1 heterocycles. The molecule has 13 heteroatoms. The van der Waals surface area contributed by atoms with Gasteiger partial charge in [0.25, 0.3) is 10.0 Å². The molecule has 0 unspecified atom stereocenters. The molecule has 0 atom stereocenters. The zero-order valence-corrected chi connectivity index (χ0v) is 18.2. The Morgan fingerprint density at radius 2 is 1.70 bits per heavy atom. The number of hydrogen-bond donors (Lipinski definition) is 1. The van der Waals surface area contributed by atoms with Crippen LogP contribution < -0.4 is 4.72 Å². The van der Waals surface area contributed by atoms with E-state index in [0.29, 0.717) is 0 Å². The number of thiazole rings is 1. The van der Waals surface area contributed by atoms with Crippen LogP contribution >= 0.6 is 46.1 Å². The standard InChI is InChI=1S/C17H8Cl3F3N2O3S2/c18-8-2-1-3-10(6-8)30(27,28)25-16-24-15(17(21,22)23)14(29-16)13(26)11-5-4-9(19)7-12(11)20/h1-7H,(H,24,25). The number of benzene rings is 2. The van der Waals surface area contributed by atoms with Gasteiger partial charge in [-0.15, -0.1) is 0 Å². The summed E-state index contributed by atoms with van der Waals surface area (Å²) in [4.78, 5) is 14.9. The van der Waals surface area contributed by atoms with Gasteiger partial charge in [0, 0.05) is 15.6 Å². The van der Waals surface area contributed by atoms with Crippen molar-refractivity contribution in [3.8, 4) is 0 Å². The molecule has 30 heavy (non-hydrogen) atoms. The van der Waals surface area contributed by atoms with Crippen LogP contribution in [0.4, 0.5) is 18.3 Å². The van der Waals surface area contributed by atoms with Crippen LogP contribution in [-0.4, -0.2) is 19.2 Å². The number of rotatable bonds is 5. The zero-order chi connectivity index (χ0) is 22.3. The minimum atomic E-state index is -5.01. The molecule has 0 radical (unpaired) electrons. The fourth-order valence-corrected chi connectivity index (χ4v) is 5.28. The number of halogens is 6. The average Bonchev–Trinajstić information content (AvgIpc) is 3.05. The Balaban J connectivity index is 2.05. The van der Waals surface area contributed by atoms with Gasteiger partial charge in [-0.3, -0.25) is 9.52 Å². The van der Waals surface area contributed by atoms with Gasteiger partial charge in [-0.25, -0.2) is 13.4 Å². The zero-order valence-electron chi connectivity index (χ0n) is 14.3. The third kappa shape index (κ3) is 4.89. The van der Waals surface area contributed by atoms with E-state index in [2.05, 4.69) is 4.98 Å². The number of alkyl halides is 3. The summed E-state index contributed by atoms with van der Waals surface area (Å²) < 4.78 is 67.2. The van der Waals surface area contributed by atoms with Crippen molar-refractivity contribution in [1.29, 1.82) is 0 Å². The van der Waals surface area contributed by atoms with Crippen molar-refractivity contribution in [2.75, 3.05) is 4.72 Å². The highest BCUT2D eigenvalue weighted by Gasteiger charge is 2.40. The summed E-state index contributed by atoms with van der Waals surface area (Å²) in [5.74, 6) is -1.07. The minimum Gasteiger partial charge on any atom is -0.288 e. The van der Waals surface area contributed by atoms with E-state index in [-0.39, 0.29) is 36.9 Å². The molecular weight excluding hydrogens is 508 g/mol. The lowest BCUT2D eigenvalue weighted by Gasteiger charge is -2.06. The summed E-state index contributed by atoms with van der Waals surface area (Å²) in [7, 11) is -4.30. The van der Waals surface area contributed by atoms with E-state index in [4.69, 9.17) is 34.8 Å². The number of ketones is 1. The maximum Gasteiger partial charge on any atom is 0.435 e. The Bertz CT molecular complexity index is 1240. The molecule has 0 saturated carbocycles. The highest BCUT2D eigenvalue weighted by molar-refractivity contribution is 7.93. The number of hydrogen-bond acceptors (Lipinski definition) is 5. The second kappa shape index (κ2) is 8.35. The second-order valence-electron chi connectivity index (χ2n) is 5.71. The van der Waals surface area contributed by atoms with E-state index in [9.17, 15) is 26.4 Å². The molecule has 3 aromatic rings. The number of aromatic nitrogens is 1. The van der Waals surface area contributed by atoms with Crippen LogP contribution in [0, 0.1) is 0 Å². The first-order valence-corrected chi connectivity index (χ1v) is 11.2. The summed E-state index contributed by atoms with van der Waals surface area (Å²) in [5, 5.41) is -0.501. The number of carbonyl (C=O) groups is 1. The van der Waals surface area contributed by atoms with Crippen LogP contribution in [0.3, 0.4) is 0 Å². The van der Waals surface area contributed by atoms with Gasteiger partial charge in [0.1, 0.15) is 4.88 Å². The molecule has 0 aliphatic carbocycles. The number of nitrogens with one attached hydrogen (secondary N) is 1. The largest absolute Gasteiger partial charge is 0.435 e. The summed E-state index contributed by atoms with van der Waals surface area (Å²) in [6.45, 7) is 0. The number of sulfonamides is 1. The average molecular weight is 516 g/mol. The van der Waals surface area contributed by atoms with Gasteiger partial charge in [-0.2, -0.15) is 13.2 Å². The maximum absolute atomic E-state index is 13.5. The third-order valence-corrected chi connectivity index (χ3v) is 6.82. The lowest BCUT2D eigenvalue weighted by atomic mass is 10.1. The normalized spacial score (nSPS) is 12.1. The van der Waals surface area contributed by atoms with Crippen molar-refractivity contribution in [3.63, 3.8) is 0 Å². The van der Waals surface area contributed by atoms with Crippen LogP contribution in [0.2, 0.25) is 15.1 Å². The Labute approximate surface area is 187 Å². The molecule has 5 nitrogen and oxygen atoms in total. The molecule has 0 saturated heterocycles. The molecule has 0 aliphatic rings. The van der Waals surface area contributed by atoms with Crippen LogP contribution in [0.15, 0.2) is 47.4 Å². The second-order valence-corrected chi connectivity index (χ2v) is 9.67. The molecular formula is C17H8Cl3F3N2O3S2. The van der Waals surface area contributed by atoms with Crippen LogP contribution in [0.1, 0.15) is 20.9 Å². The smallest absolute Gasteiger partial charge is 0.288 e. The van der Waals surface area contributed by atoms with E-state index in [1.807, 2.05) is 4.72 Å². The number of anilines is 1. The number of carbonyl (C=O) groups excluding carboxylic acids is 1. The van der Waals surface area contributed by atoms with Crippen molar-refractivity contribution in [2.45, 2.75) is 11.1 Å². The van der Waals surface area contributed by atoms with Crippen molar-refractivity contribution in [1.82, 2.24) is 4.98 Å². The van der Waals surface area contributed by atoms with Crippen LogP contribution in [-0.2, 0) is 16.2 Å². The van der Waals surface area contributed by atoms with Crippen molar-refractivity contribution in [3.05, 3.63) is 73.7 Å². The van der Waals surface area contributed by atoms with E-state index in [0.717, 1.165) is 6.07 Å². The summed E-state index contributed by atoms with van der Waals surface area (Å²) in [6, 6.07) is 8.76. The van der Waals surface area contributed by atoms with Crippen LogP contribution in [0.5, 0.6) is 0 Å². The van der Waals surface area contributed by atoms with Gasteiger partial charge >= 0.3 is 6.18 Å². The maximum atomic E-state index is 13.5. The SMILES string of the molecule is O=C(c1ccc(Cl)cc1Cl)c1sc(NS(=O)(=O)c2cccc(Cl)c2)nc1C(F)(F)F. The first-order valence-electron chi connectivity index (χ1n) is 7.74. The Hall–Kier alpha value is -1.85. The monoisotopic (exact) mass is 514 g/mol. The molecule has 158 valence electrons. The van der Waals surface area contributed by atoms with Gasteiger partial charge in [-0.1, -0.05) is 52.2 Å². The topological polar surface area (TPSA) is 76.1 Å². The molecule has 0 aliphatic heterocycles. The highest BCUT2D eigenvalue weighted by atomic mass is 35.5. The van der Waals surface area contributed by atoms with E-state index in [1.54, 1.807) is 0 Å². The van der Waals surface area contributed by atoms with Gasteiger partial charge < -0.3 is 0 Å². The van der Waals surface area contributed by atoms with E-state index >= 15 is 0 Å². The predicted octanol–water partition coefficient (Wildman–Crippen LogP) is 6.15. The van der Waals surface area contributed by atoms with Crippen molar-refractivity contribution >= 4 is 67.1 Å². The first kappa shape index (κ1) is 22.8. The van der Waals surface area contributed by atoms with Crippen LogP contribution in [0.25, 0.3) is 0 Å². The molecule has 1 aromatic heterocycles. The molecule has 2 aromatic carbocycles. The van der Waals surface area contributed by atoms with Crippen molar-refractivity contribution < 1.29 is 26.4 Å². The van der Waals surface area contributed by atoms with Gasteiger partial charge in [0.2, 0.25) is 5.78 Å². The van der Waals surface area contributed by atoms with Crippen molar-refractivity contribution in [2.24, 2.45) is 0 Å². The summed E-state index contributed by atoms with van der Waals surface area (Å²) >= 11 is 17.7. The Kier molecular flexibility index (Phi) is 6.35. The highest BCUT2D eigenvalue weighted by Crippen LogP contribution is 2.39. The lowest BCUT2D eigenvalue weighted by molar-refractivity contribution is -0.140.